The molecule has 0 heterocycles. The first-order valence-electron chi connectivity index (χ1n) is 14.6. The van der Waals surface area contributed by atoms with Gasteiger partial charge in [0.1, 0.15) is 0 Å². The van der Waals surface area contributed by atoms with E-state index in [9.17, 15) is 0 Å². The molecule has 0 bridgehead atoms. The summed E-state index contributed by atoms with van der Waals surface area (Å²) in [5.74, 6) is 0. The van der Waals surface area contributed by atoms with E-state index in [0.717, 1.165) is 13.2 Å². The van der Waals surface area contributed by atoms with Crippen molar-refractivity contribution in [3.63, 3.8) is 0 Å². The summed E-state index contributed by atoms with van der Waals surface area (Å²) >= 11 is 0. The minimum Gasteiger partial charge on any atom is -0.394 e. The quantitative estimate of drug-likeness (QED) is 0.280. The lowest BCUT2D eigenvalue weighted by Gasteiger charge is -1.86. The van der Waals surface area contributed by atoms with Gasteiger partial charge in [0.2, 0.25) is 0 Å². The molecular weight excluding hydrogens is 673 g/mol. The van der Waals surface area contributed by atoms with E-state index in [2.05, 4.69) is 303 Å². The van der Waals surface area contributed by atoms with E-state index in [1.165, 1.54) is 0 Å². The Hall–Kier alpha value is -6.10. The highest BCUT2D eigenvalue weighted by molar-refractivity contribution is 4.27. The van der Waals surface area contributed by atoms with Gasteiger partial charge in [0.05, 0.1) is 13.2 Å². The molecule has 0 fully saturated rings. The molecular formula is C52H108O3. The first kappa shape index (κ1) is 196. The van der Waals surface area contributed by atoms with Crippen molar-refractivity contribution in [2.24, 2.45) is 0 Å². The van der Waals surface area contributed by atoms with Gasteiger partial charge in [0.25, 0.3) is 0 Å². The maximum Gasteiger partial charge on any atom is 0.0662 e. The average molecular weight is 781 g/mol. The van der Waals surface area contributed by atoms with Crippen LogP contribution in [0.25, 0.3) is 0 Å². The van der Waals surface area contributed by atoms with Crippen LogP contribution < -0.4 is 0 Å². The van der Waals surface area contributed by atoms with Crippen LogP contribution in [0, 0.1) is 0 Å². The summed E-state index contributed by atoms with van der Waals surface area (Å²) in [5, 5.41) is 15.2. The lowest BCUT2D eigenvalue weighted by atomic mass is 10.8. The molecule has 0 saturated heterocycles. The predicted molar refractivity (Wildman–Crippen MR) is 295 cm³/mol. The molecule has 0 rings (SSSR count). The molecule has 3 heteroatoms. The lowest BCUT2D eigenvalue weighted by Crippen LogP contribution is -1.85. The van der Waals surface area contributed by atoms with Crippen LogP contribution in [0.15, 0.2) is 303 Å². The monoisotopic (exact) mass is 781 g/mol. The maximum absolute atomic E-state index is 7.62. The van der Waals surface area contributed by atoms with Crippen LogP contribution in [0.2, 0.25) is 0 Å². The zero-order chi connectivity index (χ0) is 53.5. The minimum absolute atomic E-state index is 0.125. The van der Waals surface area contributed by atoms with Crippen LogP contribution in [0.1, 0.15) is 13.8 Å². The molecule has 0 radical (unpaired) electrons. The van der Waals surface area contributed by atoms with Crippen LogP contribution >= 0.6 is 0 Å². The highest BCUT2D eigenvalue weighted by Gasteiger charge is 1.64. The molecule has 0 aromatic heterocycles. The molecule has 55 heavy (non-hydrogen) atoms. The van der Waals surface area contributed by atoms with E-state index in [1.54, 1.807) is 0 Å². The largest absolute Gasteiger partial charge is 0.394 e. The molecule has 3 nitrogen and oxygen atoms in total. The van der Waals surface area contributed by atoms with Crippen LogP contribution in [-0.2, 0) is 4.74 Å². The average Bonchev–Trinajstić information content (AvgIpc) is 3.41. The van der Waals surface area contributed by atoms with Gasteiger partial charge in [-0.05, 0) is 13.8 Å². The Bertz CT molecular complexity index is 178. The normalized spacial score (nSPS) is 2.98. The van der Waals surface area contributed by atoms with Gasteiger partial charge in [0.15, 0.2) is 0 Å². The van der Waals surface area contributed by atoms with Crippen LogP contribution in [0.3, 0.4) is 0 Å². The number of rotatable bonds is 3. The standard InChI is InChI=1S/C4H10O.C2H6O2.23C2H4/c1-3-5-4-2;3-1-2-4;23*1-2/h3-4H2,1-2H3;3-4H,1-2H2;23*1-2H2. The Morgan fingerprint density at radius 3 is 0.255 bits per heavy atom. The first-order chi connectivity index (χ1) is 27.3. The van der Waals surface area contributed by atoms with Gasteiger partial charge in [-0.3, -0.25) is 0 Å². The number of ether oxygens (including phenoxy) is 1. The Morgan fingerprint density at radius 1 is 0.200 bits per heavy atom. The molecule has 0 aliphatic rings. The number of hydrogen-bond donors (Lipinski definition) is 2. The summed E-state index contributed by atoms with van der Waals surface area (Å²) in [7, 11) is 0. The van der Waals surface area contributed by atoms with E-state index in [1.807, 2.05) is 13.8 Å². The van der Waals surface area contributed by atoms with Crippen LogP contribution in [0.4, 0.5) is 0 Å². The van der Waals surface area contributed by atoms with E-state index >= 15 is 0 Å². The van der Waals surface area contributed by atoms with Crippen molar-refractivity contribution in [3.05, 3.63) is 303 Å². The van der Waals surface area contributed by atoms with E-state index < -0.39 is 0 Å². The van der Waals surface area contributed by atoms with Crippen molar-refractivity contribution in [3.8, 4) is 0 Å². The van der Waals surface area contributed by atoms with Crippen molar-refractivity contribution in [2.45, 2.75) is 13.8 Å². The third-order valence-electron chi connectivity index (χ3n) is 0.508. The Kier molecular flexibility index (Phi) is 311000. The van der Waals surface area contributed by atoms with E-state index in [0.29, 0.717) is 0 Å². The third-order valence-corrected chi connectivity index (χ3v) is 0.508. The van der Waals surface area contributed by atoms with Gasteiger partial charge in [-0.1, -0.05) is 0 Å². The molecule has 0 unspecified atom stereocenters. The van der Waals surface area contributed by atoms with Crippen molar-refractivity contribution < 1.29 is 14.9 Å². The van der Waals surface area contributed by atoms with Crippen LogP contribution in [-0.4, -0.2) is 36.6 Å². The molecule has 0 amide bonds. The Labute approximate surface area is 356 Å². The highest BCUT2D eigenvalue weighted by atomic mass is 16.5. The number of hydrogen-bond acceptors (Lipinski definition) is 3. The van der Waals surface area contributed by atoms with Gasteiger partial charge < -0.3 is 14.9 Å². The summed E-state index contributed by atoms with van der Waals surface area (Å²) in [4.78, 5) is 0. The fourth-order valence-electron chi connectivity index (χ4n) is 0.204. The topological polar surface area (TPSA) is 49.7 Å². The molecule has 0 spiro atoms. The second-order valence-electron chi connectivity index (χ2n) is 1.23. The Balaban J connectivity index is -0.00000000747. The van der Waals surface area contributed by atoms with Crippen molar-refractivity contribution in [1.82, 2.24) is 0 Å². The van der Waals surface area contributed by atoms with Crippen molar-refractivity contribution >= 4 is 0 Å². The summed E-state index contributed by atoms with van der Waals surface area (Å²) in [6.07, 6.45) is 0. The molecule has 0 saturated carbocycles. The maximum atomic E-state index is 7.62. The molecule has 0 aliphatic heterocycles. The zero-order valence-electron chi connectivity index (χ0n) is 38.7. The number of aliphatic hydroxyl groups excluding tert-OH is 2. The highest BCUT2D eigenvalue weighted by Crippen LogP contribution is 1.64. The van der Waals surface area contributed by atoms with Gasteiger partial charge in [-0.15, -0.1) is 303 Å². The second-order valence-corrected chi connectivity index (χ2v) is 1.23. The number of aliphatic hydroxyl groups is 2. The molecule has 0 aromatic carbocycles. The zero-order valence-corrected chi connectivity index (χ0v) is 38.7. The Morgan fingerprint density at radius 2 is 0.255 bits per heavy atom. The first-order valence-corrected chi connectivity index (χ1v) is 14.6. The molecule has 2 N–H and O–H groups in total. The smallest absolute Gasteiger partial charge is 0.0662 e. The molecule has 334 valence electrons. The van der Waals surface area contributed by atoms with Gasteiger partial charge in [-0.25, -0.2) is 0 Å². The predicted octanol–water partition coefficient (Wildman–Crippen LogP) is 18.5. The van der Waals surface area contributed by atoms with Gasteiger partial charge >= 0.3 is 0 Å². The summed E-state index contributed by atoms with van der Waals surface area (Å²) in [6.45, 7) is 143. The summed E-state index contributed by atoms with van der Waals surface area (Å²) < 4.78 is 4.83. The summed E-state index contributed by atoms with van der Waals surface area (Å²) in [5.41, 5.74) is 0. The van der Waals surface area contributed by atoms with Gasteiger partial charge in [-0.2, -0.15) is 0 Å². The minimum atomic E-state index is -0.125. The molecule has 0 aromatic rings. The van der Waals surface area contributed by atoms with Gasteiger partial charge in [0, 0.05) is 13.2 Å². The van der Waals surface area contributed by atoms with E-state index in [-0.39, 0.29) is 13.2 Å². The second kappa shape index (κ2) is 87100. The fraction of sp³-hybridized carbons (Fsp3) is 0.115. The third kappa shape index (κ3) is 10500. The van der Waals surface area contributed by atoms with Crippen LogP contribution in [0.5, 0.6) is 0 Å². The molecule has 0 atom stereocenters. The van der Waals surface area contributed by atoms with Crippen molar-refractivity contribution in [1.29, 1.82) is 0 Å². The van der Waals surface area contributed by atoms with Crippen molar-refractivity contribution in [2.75, 3.05) is 26.4 Å². The lowest BCUT2D eigenvalue weighted by molar-refractivity contribution is 0.162. The SMILES string of the molecule is C=C.C=C.C=C.C=C.C=C.C=C.C=C.C=C.C=C.C=C.C=C.C=C.C=C.C=C.C=C.C=C.C=C.C=C.C=C.C=C.C=C.C=C.C=C.CCOCC.OCCO. The fourth-order valence-corrected chi connectivity index (χ4v) is 0.204. The molecule has 0 aliphatic carbocycles. The van der Waals surface area contributed by atoms with E-state index in [4.69, 9.17) is 14.9 Å². The summed E-state index contributed by atoms with van der Waals surface area (Å²) in [6, 6.07) is 0.